The molecule has 0 saturated heterocycles. The third-order valence-electron chi connectivity index (χ3n) is 4.72. The van der Waals surface area contributed by atoms with E-state index in [1.54, 1.807) is 30.3 Å². The van der Waals surface area contributed by atoms with E-state index in [-0.39, 0.29) is 11.5 Å². The molecule has 0 amide bonds. The molecular formula is C23H14N2O2. The van der Waals surface area contributed by atoms with Gasteiger partial charge in [-0.25, -0.2) is 9.97 Å². The van der Waals surface area contributed by atoms with Crippen LogP contribution in [0.4, 0.5) is 0 Å². The van der Waals surface area contributed by atoms with E-state index in [1.165, 1.54) is 0 Å². The summed E-state index contributed by atoms with van der Waals surface area (Å²) in [4.78, 5) is 21.9. The third kappa shape index (κ3) is 2.50. The second kappa shape index (κ2) is 5.88. The van der Waals surface area contributed by atoms with Gasteiger partial charge in [-0.15, -0.1) is 0 Å². The molecule has 27 heavy (non-hydrogen) atoms. The summed E-state index contributed by atoms with van der Waals surface area (Å²) < 4.78 is 0. The molecule has 0 aliphatic heterocycles. The van der Waals surface area contributed by atoms with Crippen LogP contribution in [0.3, 0.4) is 0 Å². The van der Waals surface area contributed by atoms with E-state index in [4.69, 9.17) is 0 Å². The molecule has 1 N–H and O–H groups in total. The van der Waals surface area contributed by atoms with Gasteiger partial charge in [-0.05, 0) is 29.7 Å². The van der Waals surface area contributed by atoms with Crippen LogP contribution in [0.25, 0.3) is 32.8 Å². The summed E-state index contributed by atoms with van der Waals surface area (Å²) in [7, 11) is 0. The SMILES string of the molecule is O=C(c1ccccc1)c1ccc2nc3c(O)c4ccccc4cc3nc2c1. The largest absolute Gasteiger partial charge is 0.505 e. The summed E-state index contributed by atoms with van der Waals surface area (Å²) >= 11 is 0. The van der Waals surface area contributed by atoms with Crippen molar-refractivity contribution in [3.63, 3.8) is 0 Å². The van der Waals surface area contributed by atoms with Crippen LogP contribution in [0, 0.1) is 0 Å². The number of phenols is 1. The van der Waals surface area contributed by atoms with Crippen LogP contribution in [0.5, 0.6) is 5.75 Å². The molecule has 1 heterocycles. The Balaban J connectivity index is 1.72. The van der Waals surface area contributed by atoms with Crippen LogP contribution in [-0.4, -0.2) is 20.9 Å². The summed E-state index contributed by atoms with van der Waals surface area (Å²) in [5.74, 6) is 0.0719. The number of hydrogen-bond acceptors (Lipinski definition) is 4. The van der Waals surface area contributed by atoms with Gasteiger partial charge in [0.1, 0.15) is 5.52 Å². The molecule has 0 fully saturated rings. The number of aromatic hydroxyl groups is 1. The predicted molar refractivity (Wildman–Crippen MR) is 106 cm³/mol. The first-order valence-corrected chi connectivity index (χ1v) is 8.63. The number of aromatic nitrogens is 2. The fourth-order valence-corrected chi connectivity index (χ4v) is 3.35. The number of carbonyl (C=O) groups excluding carboxylic acids is 1. The van der Waals surface area contributed by atoms with Crippen LogP contribution in [0.15, 0.2) is 78.9 Å². The van der Waals surface area contributed by atoms with Crippen molar-refractivity contribution in [2.24, 2.45) is 0 Å². The van der Waals surface area contributed by atoms with Gasteiger partial charge in [0.15, 0.2) is 11.5 Å². The molecular weight excluding hydrogens is 336 g/mol. The van der Waals surface area contributed by atoms with Crippen molar-refractivity contribution in [3.8, 4) is 5.75 Å². The first-order valence-electron chi connectivity index (χ1n) is 8.63. The van der Waals surface area contributed by atoms with E-state index in [1.807, 2.05) is 48.5 Å². The zero-order valence-electron chi connectivity index (χ0n) is 14.3. The van der Waals surface area contributed by atoms with Crippen molar-refractivity contribution in [2.45, 2.75) is 0 Å². The summed E-state index contributed by atoms with van der Waals surface area (Å²) in [6.07, 6.45) is 0. The summed E-state index contributed by atoms with van der Waals surface area (Å²) in [6.45, 7) is 0. The monoisotopic (exact) mass is 350 g/mol. The smallest absolute Gasteiger partial charge is 0.193 e. The fourth-order valence-electron chi connectivity index (χ4n) is 3.35. The summed E-state index contributed by atoms with van der Waals surface area (Å²) in [5, 5.41) is 12.2. The number of fused-ring (bicyclic) bond motifs is 3. The average Bonchev–Trinajstić information content (AvgIpc) is 2.72. The minimum Gasteiger partial charge on any atom is -0.505 e. The van der Waals surface area contributed by atoms with Gasteiger partial charge in [0, 0.05) is 16.5 Å². The van der Waals surface area contributed by atoms with Crippen LogP contribution >= 0.6 is 0 Å². The fraction of sp³-hybridized carbons (Fsp3) is 0. The zero-order chi connectivity index (χ0) is 18.4. The molecule has 4 heteroatoms. The first kappa shape index (κ1) is 15.5. The molecule has 5 rings (SSSR count). The Bertz CT molecular complexity index is 1340. The van der Waals surface area contributed by atoms with Crippen LogP contribution in [-0.2, 0) is 0 Å². The van der Waals surface area contributed by atoms with E-state index in [2.05, 4.69) is 9.97 Å². The van der Waals surface area contributed by atoms with Crippen LogP contribution in [0.2, 0.25) is 0 Å². The maximum atomic E-state index is 12.7. The van der Waals surface area contributed by atoms with Gasteiger partial charge in [-0.1, -0.05) is 54.6 Å². The molecule has 0 aliphatic rings. The van der Waals surface area contributed by atoms with Crippen molar-refractivity contribution in [1.29, 1.82) is 0 Å². The van der Waals surface area contributed by atoms with Gasteiger partial charge in [-0.3, -0.25) is 4.79 Å². The van der Waals surface area contributed by atoms with Crippen molar-refractivity contribution in [3.05, 3.63) is 90.0 Å². The number of rotatable bonds is 2. The Morgan fingerprint density at radius 2 is 1.48 bits per heavy atom. The van der Waals surface area contributed by atoms with Crippen molar-refractivity contribution < 1.29 is 9.90 Å². The highest BCUT2D eigenvalue weighted by Crippen LogP contribution is 2.32. The highest BCUT2D eigenvalue weighted by atomic mass is 16.3. The molecule has 0 spiro atoms. The standard InChI is InChI=1S/C23H14N2O2/c26-22(14-6-2-1-3-7-14)16-10-11-18-19(13-16)24-20-12-15-8-4-5-9-17(15)23(27)21(20)25-18/h1-13,27H. The predicted octanol–water partition coefficient (Wildman–Crippen LogP) is 4.87. The molecule has 0 bridgehead atoms. The molecule has 5 aromatic rings. The van der Waals surface area contributed by atoms with E-state index in [9.17, 15) is 9.90 Å². The maximum Gasteiger partial charge on any atom is 0.193 e. The number of nitrogens with zero attached hydrogens (tertiary/aromatic N) is 2. The summed E-state index contributed by atoms with van der Waals surface area (Å²) in [6, 6.07) is 23.9. The quantitative estimate of drug-likeness (QED) is 0.364. The number of ketones is 1. The lowest BCUT2D eigenvalue weighted by Crippen LogP contribution is -2.01. The Hall–Kier alpha value is -3.79. The highest BCUT2D eigenvalue weighted by Gasteiger charge is 2.13. The minimum atomic E-state index is -0.0549. The third-order valence-corrected chi connectivity index (χ3v) is 4.72. The molecule has 0 saturated carbocycles. The number of benzene rings is 4. The second-order valence-corrected chi connectivity index (χ2v) is 6.44. The molecule has 0 atom stereocenters. The Labute approximate surface area is 154 Å². The van der Waals surface area contributed by atoms with Crippen molar-refractivity contribution in [2.75, 3.05) is 0 Å². The molecule has 0 aliphatic carbocycles. The molecule has 4 aromatic carbocycles. The Morgan fingerprint density at radius 3 is 2.33 bits per heavy atom. The zero-order valence-corrected chi connectivity index (χ0v) is 14.3. The maximum absolute atomic E-state index is 12.7. The molecule has 1 aromatic heterocycles. The van der Waals surface area contributed by atoms with E-state index < -0.39 is 0 Å². The van der Waals surface area contributed by atoms with E-state index in [0.717, 1.165) is 10.8 Å². The first-order chi connectivity index (χ1) is 13.2. The highest BCUT2D eigenvalue weighted by molar-refractivity contribution is 6.11. The van der Waals surface area contributed by atoms with Gasteiger partial charge in [0.2, 0.25) is 0 Å². The molecule has 0 unspecified atom stereocenters. The van der Waals surface area contributed by atoms with Gasteiger partial charge in [-0.2, -0.15) is 0 Å². The van der Waals surface area contributed by atoms with Crippen LogP contribution in [0.1, 0.15) is 15.9 Å². The lowest BCUT2D eigenvalue weighted by Gasteiger charge is -2.08. The lowest BCUT2D eigenvalue weighted by molar-refractivity contribution is 0.103. The number of phenolic OH excluding ortho intramolecular Hbond substituents is 1. The minimum absolute atomic E-state index is 0.0549. The number of hydrogen-bond donors (Lipinski definition) is 1. The Morgan fingerprint density at radius 1 is 0.704 bits per heavy atom. The molecule has 128 valence electrons. The van der Waals surface area contributed by atoms with Crippen LogP contribution < -0.4 is 0 Å². The Kier molecular flexibility index (Phi) is 3.37. The average molecular weight is 350 g/mol. The van der Waals surface area contributed by atoms with Gasteiger partial charge >= 0.3 is 0 Å². The van der Waals surface area contributed by atoms with Gasteiger partial charge in [0.05, 0.1) is 16.6 Å². The lowest BCUT2D eigenvalue weighted by atomic mass is 10.0. The second-order valence-electron chi connectivity index (χ2n) is 6.44. The normalized spacial score (nSPS) is 11.3. The van der Waals surface area contributed by atoms with E-state index >= 15 is 0 Å². The van der Waals surface area contributed by atoms with E-state index in [0.29, 0.717) is 33.2 Å². The molecule has 0 radical (unpaired) electrons. The van der Waals surface area contributed by atoms with Gasteiger partial charge in [0.25, 0.3) is 0 Å². The van der Waals surface area contributed by atoms with Crippen molar-refractivity contribution >= 4 is 38.6 Å². The topological polar surface area (TPSA) is 63.1 Å². The van der Waals surface area contributed by atoms with Gasteiger partial charge < -0.3 is 5.11 Å². The molecule has 4 nitrogen and oxygen atoms in total. The number of carbonyl (C=O) groups is 1. The van der Waals surface area contributed by atoms with Crippen molar-refractivity contribution in [1.82, 2.24) is 9.97 Å². The summed E-state index contributed by atoms with van der Waals surface area (Å²) in [5.41, 5.74) is 3.52.